The van der Waals surface area contributed by atoms with Crippen molar-refractivity contribution >= 4 is 6.03 Å². The largest absolute Gasteiger partial charge is 0.469 e. The van der Waals surface area contributed by atoms with Gasteiger partial charge in [0.25, 0.3) is 0 Å². The van der Waals surface area contributed by atoms with Crippen LogP contribution in [0.4, 0.5) is 4.79 Å². The van der Waals surface area contributed by atoms with Crippen LogP contribution in [0.15, 0.2) is 22.8 Å². The zero-order valence-corrected chi connectivity index (χ0v) is 10.6. The zero-order valence-electron chi connectivity index (χ0n) is 10.6. The molecule has 2 amide bonds. The summed E-state index contributed by atoms with van der Waals surface area (Å²) in [5.74, 6) is 0.883. The van der Waals surface area contributed by atoms with Crippen LogP contribution in [0, 0.1) is 0 Å². The van der Waals surface area contributed by atoms with E-state index in [4.69, 9.17) is 9.15 Å². The molecule has 0 radical (unpaired) electrons. The lowest BCUT2D eigenvalue weighted by atomic mass is 10.1. The quantitative estimate of drug-likeness (QED) is 0.857. The highest BCUT2D eigenvalue weighted by Crippen LogP contribution is 2.06. The van der Waals surface area contributed by atoms with E-state index < -0.39 is 0 Å². The number of rotatable bonds is 4. The highest BCUT2D eigenvalue weighted by Gasteiger charge is 2.17. The predicted molar refractivity (Wildman–Crippen MR) is 67.4 cm³/mol. The Labute approximate surface area is 107 Å². The van der Waals surface area contributed by atoms with Crippen LogP contribution in [0.2, 0.25) is 0 Å². The minimum atomic E-state index is -0.110. The summed E-state index contributed by atoms with van der Waals surface area (Å²) in [7, 11) is 0. The van der Waals surface area contributed by atoms with Crippen LogP contribution in [0.1, 0.15) is 25.5 Å². The number of ether oxygens (including phenoxy) is 1. The first-order chi connectivity index (χ1) is 8.74. The van der Waals surface area contributed by atoms with E-state index in [1.165, 1.54) is 0 Å². The Hall–Kier alpha value is -1.49. The molecule has 1 aliphatic heterocycles. The summed E-state index contributed by atoms with van der Waals surface area (Å²) in [4.78, 5) is 11.8. The number of hydrogen-bond acceptors (Lipinski definition) is 3. The van der Waals surface area contributed by atoms with E-state index in [1.54, 1.807) is 6.26 Å². The van der Waals surface area contributed by atoms with Gasteiger partial charge in [-0.2, -0.15) is 0 Å². The molecule has 1 atom stereocenters. The normalized spacial score (nSPS) is 18.3. The van der Waals surface area contributed by atoms with Crippen molar-refractivity contribution in [2.45, 2.75) is 38.3 Å². The molecule has 5 heteroatoms. The Bertz CT molecular complexity index is 358. The fourth-order valence-electron chi connectivity index (χ4n) is 2.07. The lowest BCUT2D eigenvalue weighted by Gasteiger charge is -2.24. The van der Waals surface area contributed by atoms with Gasteiger partial charge in [-0.25, -0.2) is 4.79 Å². The van der Waals surface area contributed by atoms with E-state index in [1.807, 2.05) is 19.1 Å². The molecule has 0 saturated carbocycles. The minimum absolute atomic E-state index is 0.0518. The predicted octanol–water partition coefficient (Wildman–Crippen LogP) is 1.69. The first-order valence-electron chi connectivity index (χ1n) is 6.41. The average Bonchev–Trinajstić information content (AvgIpc) is 2.82. The Morgan fingerprint density at radius 1 is 1.50 bits per heavy atom. The first-order valence-corrected chi connectivity index (χ1v) is 6.41. The van der Waals surface area contributed by atoms with Crippen molar-refractivity contribution in [3.8, 4) is 0 Å². The third kappa shape index (κ3) is 4.07. The SMILES string of the molecule is C[C@H](Cc1ccco1)NC(=O)NC1CCOCC1. The Balaban J connectivity index is 1.69. The number of nitrogens with one attached hydrogen (secondary N) is 2. The van der Waals surface area contributed by atoms with Crippen LogP contribution in [-0.4, -0.2) is 31.3 Å². The molecule has 0 spiro atoms. The van der Waals surface area contributed by atoms with Crippen LogP contribution >= 0.6 is 0 Å². The van der Waals surface area contributed by atoms with Crippen molar-refractivity contribution in [2.24, 2.45) is 0 Å². The van der Waals surface area contributed by atoms with Crippen molar-refractivity contribution in [3.63, 3.8) is 0 Å². The number of amides is 2. The van der Waals surface area contributed by atoms with Crippen molar-refractivity contribution in [1.29, 1.82) is 0 Å². The standard InChI is InChI=1S/C13H20N2O3/c1-10(9-12-3-2-6-18-12)14-13(16)15-11-4-7-17-8-5-11/h2-3,6,10-11H,4-5,7-9H2,1H3,(H2,14,15,16)/t10-/m1/s1. The Morgan fingerprint density at radius 3 is 2.94 bits per heavy atom. The Kier molecular flexibility index (Phi) is 4.64. The zero-order chi connectivity index (χ0) is 12.8. The van der Waals surface area contributed by atoms with Crippen LogP contribution in [0.3, 0.4) is 0 Å². The molecule has 0 bridgehead atoms. The van der Waals surface area contributed by atoms with E-state index in [9.17, 15) is 4.79 Å². The molecule has 0 unspecified atom stereocenters. The van der Waals surface area contributed by atoms with E-state index in [2.05, 4.69) is 10.6 Å². The van der Waals surface area contributed by atoms with Crippen LogP contribution < -0.4 is 10.6 Å². The fraction of sp³-hybridized carbons (Fsp3) is 0.615. The topological polar surface area (TPSA) is 63.5 Å². The summed E-state index contributed by atoms with van der Waals surface area (Å²) in [5.41, 5.74) is 0. The fourth-order valence-corrected chi connectivity index (χ4v) is 2.07. The lowest BCUT2D eigenvalue weighted by Crippen LogP contribution is -2.47. The number of furan rings is 1. The van der Waals surface area contributed by atoms with Gasteiger partial charge in [-0.1, -0.05) is 0 Å². The Morgan fingerprint density at radius 2 is 2.28 bits per heavy atom. The first kappa shape index (κ1) is 13.0. The van der Waals surface area contributed by atoms with Gasteiger partial charge >= 0.3 is 6.03 Å². The monoisotopic (exact) mass is 252 g/mol. The molecule has 0 aliphatic carbocycles. The second-order valence-electron chi connectivity index (χ2n) is 4.69. The van der Waals surface area contributed by atoms with Gasteiger partial charge in [0.1, 0.15) is 5.76 Å². The van der Waals surface area contributed by atoms with Gasteiger partial charge in [-0.15, -0.1) is 0 Å². The summed E-state index contributed by atoms with van der Waals surface area (Å²) in [5, 5.41) is 5.88. The van der Waals surface area contributed by atoms with Gasteiger partial charge < -0.3 is 19.8 Å². The third-order valence-electron chi connectivity index (χ3n) is 3.02. The summed E-state index contributed by atoms with van der Waals surface area (Å²) in [6.45, 7) is 3.42. The lowest BCUT2D eigenvalue weighted by molar-refractivity contribution is 0.0800. The van der Waals surface area contributed by atoms with Gasteiger partial charge in [0.05, 0.1) is 6.26 Å². The highest BCUT2D eigenvalue weighted by molar-refractivity contribution is 5.74. The van der Waals surface area contributed by atoms with Crippen LogP contribution in [-0.2, 0) is 11.2 Å². The van der Waals surface area contributed by atoms with Crippen LogP contribution in [0.5, 0.6) is 0 Å². The molecule has 1 fully saturated rings. The molecule has 100 valence electrons. The van der Waals surface area contributed by atoms with E-state index in [-0.39, 0.29) is 18.1 Å². The van der Waals surface area contributed by atoms with E-state index >= 15 is 0 Å². The highest BCUT2D eigenvalue weighted by atomic mass is 16.5. The molecule has 1 aromatic heterocycles. The van der Waals surface area contributed by atoms with Gasteiger partial charge in [0.15, 0.2) is 0 Å². The van der Waals surface area contributed by atoms with Crippen molar-refractivity contribution in [3.05, 3.63) is 24.2 Å². The molecule has 2 heterocycles. The smallest absolute Gasteiger partial charge is 0.315 e. The maximum atomic E-state index is 11.8. The van der Waals surface area contributed by atoms with Crippen molar-refractivity contribution < 1.29 is 13.9 Å². The molecule has 2 rings (SSSR count). The molecule has 2 N–H and O–H groups in total. The molecule has 1 saturated heterocycles. The number of hydrogen-bond donors (Lipinski definition) is 2. The van der Waals surface area contributed by atoms with Gasteiger partial charge in [-0.3, -0.25) is 0 Å². The number of urea groups is 1. The van der Waals surface area contributed by atoms with Crippen molar-refractivity contribution in [1.82, 2.24) is 10.6 Å². The maximum absolute atomic E-state index is 11.8. The molecule has 5 nitrogen and oxygen atoms in total. The van der Waals surface area contributed by atoms with Gasteiger partial charge in [0, 0.05) is 31.7 Å². The second kappa shape index (κ2) is 6.44. The molecular weight excluding hydrogens is 232 g/mol. The number of carbonyl (C=O) groups is 1. The molecule has 0 aromatic carbocycles. The van der Waals surface area contributed by atoms with E-state index in [0.29, 0.717) is 6.42 Å². The molecular formula is C13H20N2O3. The maximum Gasteiger partial charge on any atom is 0.315 e. The summed E-state index contributed by atoms with van der Waals surface area (Å²) in [6.07, 6.45) is 4.12. The van der Waals surface area contributed by atoms with Crippen molar-refractivity contribution in [2.75, 3.05) is 13.2 Å². The number of carbonyl (C=O) groups excluding carboxylic acids is 1. The minimum Gasteiger partial charge on any atom is -0.469 e. The summed E-state index contributed by atoms with van der Waals surface area (Å²) < 4.78 is 10.5. The average molecular weight is 252 g/mol. The third-order valence-corrected chi connectivity index (χ3v) is 3.02. The molecule has 1 aromatic rings. The van der Waals surface area contributed by atoms with E-state index in [0.717, 1.165) is 31.8 Å². The van der Waals surface area contributed by atoms with Crippen LogP contribution in [0.25, 0.3) is 0 Å². The summed E-state index contributed by atoms with van der Waals surface area (Å²) >= 11 is 0. The van der Waals surface area contributed by atoms with Gasteiger partial charge in [0.2, 0.25) is 0 Å². The molecule has 1 aliphatic rings. The summed E-state index contributed by atoms with van der Waals surface area (Å²) in [6, 6.07) is 3.94. The van der Waals surface area contributed by atoms with Gasteiger partial charge in [-0.05, 0) is 31.9 Å². The second-order valence-corrected chi connectivity index (χ2v) is 4.69. The molecule has 18 heavy (non-hydrogen) atoms.